The van der Waals surface area contributed by atoms with Crippen molar-refractivity contribution in [2.45, 2.75) is 62.8 Å². The number of pyridine rings is 1. The standard InChI is InChI=1S/C21H25ClN4O2S/c1-15-18(22)11-6-12-19(15)29(27,28)23-14-17-10-7-13-26-20(24-25-21(17)26)16-8-4-2-3-5-9-16/h6-7,10-13,16,23H,2-5,8-9,14H2,1H3. The molecule has 0 radical (unpaired) electrons. The Balaban J connectivity index is 1.59. The molecule has 2 aromatic heterocycles. The number of benzene rings is 1. The van der Waals surface area contributed by atoms with Gasteiger partial charge in [0, 0.05) is 29.2 Å². The molecule has 6 nitrogen and oxygen atoms in total. The molecule has 4 rings (SSSR count). The van der Waals surface area contributed by atoms with Crippen molar-refractivity contribution in [3.8, 4) is 0 Å². The minimum atomic E-state index is -3.69. The van der Waals surface area contributed by atoms with Crippen LogP contribution < -0.4 is 4.72 Å². The van der Waals surface area contributed by atoms with Crippen molar-refractivity contribution in [3.63, 3.8) is 0 Å². The highest BCUT2D eigenvalue weighted by Gasteiger charge is 2.22. The second-order valence-electron chi connectivity index (χ2n) is 7.66. The van der Waals surface area contributed by atoms with Gasteiger partial charge < -0.3 is 0 Å². The first kappa shape index (κ1) is 20.3. The zero-order valence-electron chi connectivity index (χ0n) is 16.4. The molecule has 0 unspecified atom stereocenters. The first-order valence-corrected chi connectivity index (χ1v) is 11.9. The van der Waals surface area contributed by atoms with Gasteiger partial charge in [0.1, 0.15) is 5.82 Å². The summed E-state index contributed by atoms with van der Waals surface area (Å²) in [6.45, 7) is 1.84. The van der Waals surface area contributed by atoms with Crippen LogP contribution in [0, 0.1) is 6.92 Å². The predicted molar refractivity (Wildman–Crippen MR) is 114 cm³/mol. The van der Waals surface area contributed by atoms with E-state index in [4.69, 9.17) is 11.6 Å². The number of sulfonamides is 1. The fourth-order valence-corrected chi connectivity index (χ4v) is 5.57. The quantitative estimate of drug-likeness (QED) is 0.597. The highest BCUT2D eigenvalue weighted by atomic mass is 35.5. The van der Waals surface area contributed by atoms with Crippen molar-refractivity contribution in [1.29, 1.82) is 0 Å². The van der Waals surface area contributed by atoms with Gasteiger partial charge in [0.25, 0.3) is 0 Å². The molecular formula is C21H25ClN4O2S. The van der Waals surface area contributed by atoms with Gasteiger partial charge in [-0.05, 0) is 43.5 Å². The topological polar surface area (TPSA) is 76.4 Å². The molecule has 0 spiro atoms. The maximum absolute atomic E-state index is 12.8. The van der Waals surface area contributed by atoms with Crippen LogP contribution in [0.2, 0.25) is 5.02 Å². The van der Waals surface area contributed by atoms with E-state index < -0.39 is 10.0 Å². The van der Waals surface area contributed by atoms with Crippen LogP contribution in [0.15, 0.2) is 41.4 Å². The molecule has 0 saturated heterocycles. The highest BCUT2D eigenvalue weighted by Crippen LogP contribution is 2.31. The van der Waals surface area contributed by atoms with Gasteiger partial charge >= 0.3 is 0 Å². The molecule has 1 fully saturated rings. The van der Waals surface area contributed by atoms with E-state index in [1.807, 2.05) is 22.7 Å². The summed E-state index contributed by atoms with van der Waals surface area (Å²) >= 11 is 6.09. The van der Waals surface area contributed by atoms with Crippen molar-refractivity contribution in [3.05, 3.63) is 58.5 Å². The van der Waals surface area contributed by atoms with Crippen LogP contribution in [-0.4, -0.2) is 23.0 Å². The third kappa shape index (κ3) is 4.17. The van der Waals surface area contributed by atoms with Crippen molar-refractivity contribution in [1.82, 2.24) is 19.3 Å². The van der Waals surface area contributed by atoms with E-state index in [9.17, 15) is 8.42 Å². The number of hydrogen-bond donors (Lipinski definition) is 1. The molecular weight excluding hydrogens is 408 g/mol. The Bertz CT molecular complexity index is 1120. The largest absolute Gasteiger partial charge is 0.286 e. The van der Waals surface area contributed by atoms with Crippen LogP contribution in [0.3, 0.4) is 0 Å². The fraction of sp³-hybridized carbons (Fsp3) is 0.429. The molecule has 1 aliphatic rings. The van der Waals surface area contributed by atoms with E-state index in [0.29, 0.717) is 22.2 Å². The van der Waals surface area contributed by atoms with Crippen molar-refractivity contribution in [2.75, 3.05) is 0 Å². The first-order valence-electron chi connectivity index (χ1n) is 10.0. The summed E-state index contributed by atoms with van der Waals surface area (Å²) in [5.41, 5.74) is 2.04. The molecule has 1 saturated carbocycles. The minimum absolute atomic E-state index is 0.140. The number of hydrogen-bond acceptors (Lipinski definition) is 4. The first-order chi connectivity index (χ1) is 14.0. The lowest BCUT2D eigenvalue weighted by molar-refractivity contribution is 0.555. The summed E-state index contributed by atoms with van der Waals surface area (Å²) in [6, 6.07) is 8.69. The van der Waals surface area contributed by atoms with Gasteiger partial charge in [-0.3, -0.25) is 4.40 Å². The molecule has 1 aromatic carbocycles. The third-order valence-corrected chi connectivity index (χ3v) is 7.68. The summed E-state index contributed by atoms with van der Waals surface area (Å²) in [6.07, 6.45) is 9.23. The maximum atomic E-state index is 12.8. The molecule has 29 heavy (non-hydrogen) atoms. The van der Waals surface area contributed by atoms with Crippen LogP contribution in [0.25, 0.3) is 5.65 Å². The van der Waals surface area contributed by atoms with Crippen LogP contribution in [-0.2, 0) is 16.6 Å². The average Bonchev–Trinajstić information content (AvgIpc) is 2.96. The third-order valence-electron chi connectivity index (χ3n) is 5.72. The molecule has 1 aliphatic carbocycles. The Labute approximate surface area is 176 Å². The van der Waals surface area contributed by atoms with Gasteiger partial charge in [-0.1, -0.05) is 49.4 Å². The number of rotatable bonds is 5. The SMILES string of the molecule is Cc1c(Cl)cccc1S(=O)(=O)NCc1cccn2c(C3CCCCCC3)nnc12. The van der Waals surface area contributed by atoms with Crippen molar-refractivity contribution >= 4 is 27.3 Å². The molecule has 2 heterocycles. The molecule has 154 valence electrons. The van der Waals surface area contributed by atoms with Crippen LogP contribution in [0.5, 0.6) is 0 Å². The molecule has 0 aliphatic heterocycles. The number of aromatic nitrogens is 3. The van der Waals surface area contributed by atoms with E-state index in [0.717, 1.165) is 24.2 Å². The number of fused-ring (bicyclic) bond motifs is 1. The Kier molecular flexibility index (Phi) is 5.90. The fourth-order valence-electron chi connectivity index (χ4n) is 4.07. The number of nitrogens with one attached hydrogen (secondary N) is 1. The van der Waals surface area contributed by atoms with Crippen LogP contribution >= 0.6 is 11.6 Å². The Morgan fingerprint density at radius 3 is 2.62 bits per heavy atom. The average molecular weight is 433 g/mol. The zero-order chi connectivity index (χ0) is 20.4. The summed E-state index contributed by atoms with van der Waals surface area (Å²) < 4.78 is 30.3. The van der Waals surface area contributed by atoms with Crippen molar-refractivity contribution in [2.24, 2.45) is 0 Å². The van der Waals surface area contributed by atoms with E-state index in [2.05, 4.69) is 14.9 Å². The van der Waals surface area contributed by atoms with Gasteiger partial charge in [-0.15, -0.1) is 10.2 Å². The van der Waals surface area contributed by atoms with E-state index in [1.165, 1.54) is 25.7 Å². The van der Waals surface area contributed by atoms with Gasteiger partial charge in [-0.2, -0.15) is 0 Å². The van der Waals surface area contributed by atoms with E-state index >= 15 is 0 Å². The molecule has 3 aromatic rings. The van der Waals surface area contributed by atoms with Gasteiger partial charge in [-0.25, -0.2) is 13.1 Å². The normalized spacial score (nSPS) is 16.2. The highest BCUT2D eigenvalue weighted by molar-refractivity contribution is 7.89. The van der Waals surface area contributed by atoms with Crippen molar-refractivity contribution < 1.29 is 8.42 Å². The lowest BCUT2D eigenvalue weighted by atomic mass is 9.99. The second-order valence-corrected chi connectivity index (χ2v) is 9.80. The van der Waals surface area contributed by atoms with Gasteiger partial charge in [0.15, 0.2) is 5.65 Å². The Morgan fingerprint density at radius 1 is 1.10 bits per heavy atom. The lowest BCUT2D eigenvalue weighted by Crippen LogP contribution is -2.24. The van der Waals surface area contributed by atoms with Crippen LogP contribution in [0.1, 0.15) is 61.4 Å². The van der Waals surface area contributed by atoms with Gasteiger partial charge in [0.05, 0.1) is 4.90 Å². The Hall–Kier alpha value is -1.96. The molecule has 0 atom stereocenters. The smallest absolute Gasteiger partial charge is 0.241 e. The second kappa shape index (κ2) is 8.42. The Morgan fingerprint density at radius 2 is 1.86 bits per heavy atom. The molecule has 0 bridgehead atoms. The summed E-state index contributed by atoms with van der Waals surface area (Å²) in [5, 5.41) is 9.29. The lowest BCUT2D eigenvalue weighted by Gasteiger charge is -2.13. The molecule has 0 amide bonds. The summed E-state index contributed by atoms with van der Waals surface area (Å²) in [7, 11) is -3.69. The molecule has 8 heteroatoms. The van der Waals surface area contributed by atoms with Crippen LogP contribution in [0.4, 0.5) is 0 Å². The number of nitrogens with zero attached hydrogens (tertiary/aromatic N) is 3. The monoisotopic (exact) mass is 432 g/mol. The molecule has 1 N–H and O–H groups in total. The summed E-state index contributed by atoms with van der Waals surface area (Å²) in [5.74, 6) is 1.39. The number of halogens is 1. The minimum Gasteiger partial charge on any atom is -0.286 e. The van der Waals surface area contributed by atoms with E-state index in [1.54, 1.807) is 25.1 Å². The maximum Gasteiger partial charge on any atom is 0.241 e. The van der Waals surface area contributed by atoms with E-state index in [-0.39, 0.29) is 11.4 Å². The zero-order valence-corrected chi connectivity index (χ0v) is 18.0. The van der Waals surface area contributed by atoms with Gasteiger partial charge in [0.2, 0.25) is 10.0 Å². The summed E-state index contributed by atoms with van der Waals surface area (Å²) in [4.78, 5) is 0.192. The predicted octanol–water partition coefficient (Wildman–Crippen LogP) is 4.61.